The number of piperazine rings is 1. The molecule has 154 valence electrons. The van der Waals surface area contributed by atoms with E-state index in [2.05, 4.69) is 16.2 Å². The molecule has 0 unspecified atom stereocenters. The van der Waals surface area contributed by atoms with Crippen molar-refractivity contribution in [3.8, 4) is 12.3 Å². The Kier molecular flexibility index (Phi) is 7.18. The van der Waals surface area contributed by atoms with Crippen LogP contribution in [0.2, 0.25) is 5.02 Å². The van der Waals surface area contributed by atoms with Gasteiger partial charge in [-0.15, -0.1) is 6.42 Å². The van der Waals surface area contributed by atoms with E-state index in [9.17, 15) is 18.0 Å². The summed E-state index contributed by atoms with van der Waals surface area (Å²) in [6, 6.07) is 0.888. The maximum Gasteiger partial charge on any atom is 0.417 e. The number of aromatic nitrogens is 1. The number of rotatable bonds is 6. The lowest BCUT2D eigenvalue weighted by atomic mass is 9.94. The molecule has 5 nitrogen and oxygen atoms in total. The Morgan fingerprint density at radius 2 is 1.89 bits per heavy atom. The number of hydrogen-bond donors (Lipinski definition) is 1. The number of terminal acetylenes is 1. The molecule has 0 saturated carbocycles. The van der Waals surface area contributed by atoms with E-state index in [-0.39, 0.29) is 17.5 Å². The van der Waals surface area contributed by atoms with Crippen molar-refractivity contribution in [3.05, 3.63) is 22.8 Å². The number of carbonyl (C=O) groups is 1. The smallest absolute Gasteiger partial charge is 0.353 e. The van der Waals surface area contributed by atoms with Crippen LogP contribution in [0.1, 0.15) is 32.3 Å². The van der Waals surface area contributed by atoms with Gasteiger partial charge in [0, 0.05) is 32.4 Å². The lowest BCUT2D eigenvalue weighted by Crippen LogP contribution is -2.53. The number of hydrogen-bond acceptors (Lipinski definition) is 4. The molecule has 0 radical (unpaired) electrons. The first kappa shape index (κ1) is 22.3. The number of carbonyl (C=O) groups excluding carboxylic acids is 1. The van der Waals surface area contributed by atoms with Crippen LogP contribution in [0.4, 0.5) is 19.0 Å². The van der Waals surface area contributed by atoms with Crippen molar-refractivity contribution in [3.63, 3.8) is 0 Å². The molecule has 1 aromatic heterocycles. The zero-order valence-corrected chi connectivity index (χ0v) is 16.7. The molecule has 1 amide bonds. The minimum absolute atomic E-state index is 0.0364. The van der Waals surface area contributed by atoms with Crippen LogP contribution in [-0.4, -0.2) is 54.1 Å². The first-order valence-corrected chi connectivity index (χ1v) is 9.50. The van der Waals surface area contributed by atoms with E-state index in [0.29, 0.717) is 44.8 Å². The quantitative estimate of drug-likeness (QED) is 0.724. The summed E-state index contributed by atoms with van der Waals surface area (Å²) in [5.74, 6) is 2.85. The van der Waals surface area contributed by atoms with E-state index >= 15 is 0 Å². The molecular weight excluding hydrogens is 393 g/mol. The number of alkyl halides is 3. The van der Waals surface area contributed by atoms with Gasteiger partial charge in [0.05, 0.1) is 17.1 Å². The maximum atomic E-state index is 12.7. The average molecular weight is 417 g/mol. The fourth-order valence-corrected chi connectivity index (χ4v) is 3.40. The Hall–Kier alpha value is -1.98. The Morgan fingerprint density at radius 1 is 1.29 bits per heavy atom. The molecule has 0 bridgehead atoms. The van der Waals surface area contributed by atoms with Crippen LogP contribution < -0.4 is 10.2 Å². The molecule has 0 atom stereocenters. The summed E-state index contributed by atoms with van der Waals surface area (Å²) < 4.78 is 38.2. The second-order valence-corrected chi connectivity index (χ2v) is 7.18. The highest BCUT2D eigenvalue weighted by molar-refractivity contribution is 6.33. The Balaban J connectivity index is 1.93. The van der Waals surface area contributed by atoms with Crippen molar-refractivity contribution in [1.82, 2.24) is 15.2 Å². The SMILES string of the molecule is C#CC(CC)(CC)NC(=O)CN1CCN(c2ncc(C(F)(F)F)cc2Cl)CC1. The summed E-state index contributed by atoms with van der Waals surface area (Å²) >= 11 is 6.01. The molecular formula is C19H24ClF3N4O. The van der Waals surface area contributed by atoms with Crippen LogP contribution in [0, 0.1) is 12.3 Å². The monoisotopic (exact) mass is 416 g/mol. The lowest BCUT2D eigenvalue weighted by molar-refractivity contribution is -0.137. The molecule has 1 N–H and O–H groups in total. The standard InChI is InChI=1S/C19H24ClF3N4O/c1-4-18(5-2,6-3)25-16(28)13-26-7-9-27(10-8-26)17-15(20)11-14(12-24-17)19(21,22)23/h1,11-12H,5-10,13H2,2-3H3,(H,25,28). The summed E-state index contributed by atoms with van der Waals surface area (Å²) in [6.07, 6.45) is 3.18. The van der Waals surface area contributed by atoms with Crippen LogP contribution in [-0.2, 0) is 11.0 Å². The molecule has 2 heterocycles. The molecule has 2 rings (SSSR count). The van der Waals surface area contributed by atoms with E-state index in [1.807, 2.05) is 23.6 Å². The van der Waals surface area contributed by atoms with Crippen molar-refractivity contribution < 1.29 is 18.0 Å². The second kappa shape index (κ2) is 9.01. The molecule has 1 fully saturated rings. The molecule has 0 aromatic carbocycles. The molecule has 1 aliphatic heterocycles. The summed E-state index contributed by atoms with van der Waals surface area (Å²) in [7, 11) is 0. The van der Waals surface area contributed by atoms with Gasteiger partial charge < -0.3 is 10.2 Å². The normalized spacial score (nSPS) is 16.0. The van der Waals surface area contributed by atoms with Gasteiger partial charge in [-0.05, 0) is 18.9 Å². The summed E-state index contributed by atoms with van der Waals surface area (Å²) in [4.78, 5) is 20.0. The largest absolute Gasteiger partial charge is 0.417 e. The fraction of sp³-hybridized carbons (Fsp3) is 0.579. The third-order valence-electron chi connectivity index (χ3n) is 5.05. The topological polar surface area (TPSA) is 48.5 Å². The Morgan fingerprint density at radius 3 is 2.36 bits per heavy atom. The fourth-order valence-electron chi connectivity index (χ4n) is 3.11. The van der Waals surface area contributed by atoms with Crippen molar-refractivity contribution in [2.75, 3.05) is 37.6 Å². The minimum Gasteiger partial charge on any atom is -0.353 e. The molecule has 0 spiro atoms. The first-order chi connectivity index (χ1) is 13.1. The summed E-state index contributed by atoms with van der Waals surface area (Å²) in [5.41, 5.74) is -1.50. The highest BCUT2D eigenvalue weighted by Gasteiger charge is 2.32. The molecule has 9 heteroatoms. The highest BCUT2D eigenvalue weighted by Crippen LogP contribution is 2.33. The number of amides is 1. The third-order valence-corrected chi connectivity index (χ3v) is 5.33. The van der Waals surface area contributed by atoms with Crippen LogP contribution in [0.25, 0.3) is 0 Å². The van der Waals surface area contributed by atoms with Gasteiger partial charge in [-0.25, -0.2) is 4.98 Å². The zero-order valence-electron chi connectivity index (χ0n) is 15.9. The van der Waals surface area contributed by atoms with E-state index in [1.165, 1.54) is 0 Å². The van der Waals surface area contributed by atoms with E-state index in [1.54, 1.807) is 0 Å². The summed E-state index contributed by atoms with van der Waals surface area (Å²) in [5, 5.41) is 2.89. The number of nitrogens with zero attached hydrogens (tertiary/aromatic N) is 3. The van der Waals surface area contributed by atoms with Crippen LogP contribution in [0.5, 0.6) is 0 Å². The Labute approximate surface area is 168 Å². The third kappa shape index (κ3) is 5.30. The van der Waals surface area contributed by atoms with Crippen LogP contribution in [0.15, 0.2) is 12.3 Å². The number of nitrogens with one attached hydrogen (secondary N) is 1. The lowest BCUT2D eigenvalue weighted by Gasteiger charge is -2.36. The van der Waals surface area contributed by atoms with Crippen molar-refractivity contribution in [1.29, 1.82) is 0 Å². The molecule has 0 aliphatic carbocycles. The summed E-state index contributed by atoms with van der Waals surface area (Å²) in [6.45, 7) is 6.22. The zero-order chi connectivity index (χ0) is 20.9. The van der Waals surface area contributed by atoms with Gasteiger partial charge >= 0.3 is 6.18 Å². The van der Waals surface area contributed by atoms with Gasteiger partial charge in [0.1, 0.15) is 11.4 Å². The molecule has 28 heavy (non-hydrogen) atoms. The van der Waals surface area contributed by atoms with Gasteiger partial charge in [0.2, 0.25) is 5.91 Å². The van der Waals surface area contributed by atoms with Crippen molar-refractivity contribution >= 4 is 23.3 Å². The van der Waals surface area contributed by atoms with E-state index in [4.69, 9.17) is 18.0 Å². The van der Waals surface area contributed by atoms with Crippen LogP contribution in [0.3, 0.4) is 0 Å². The van der Waals surface area contributed by atoms with Gasteiger partial charge in [0.25, 0.3) is 0 Å². The molecule has 1 aromatic rings. The highest BCUT2D eigenvalue weighted by atomic mass is 35.5. The predicted molar refractivity (Wildman–Crippen MR) is 103 cm³/mol. The minimum atomic E-state index is -4.48. The van der Waals surface area contributed by atoms with Crippen LogP contribution >= 0.6 is 11.6 Å². The Bertz CT molecular complexity index is 736. The maximum absolute atomic E-state index is 12.7. The number of anilines is 1. The number of halogens is 4. The van der Waals surface area contributed by atoms with E-state index in [0.717, 1.165) is 12.3 Å². The first-order valence-electron chi connectivity index (χ1n) is 9.13. The van der Waals surface area contributed by atoms with Gasteiger partial charge in [0.15, 0.2) is 0 Å². The molecule has 1 aliphatic rings. The van der Waals surface area contributed by atoms with Gasteiger partial charge in [-0.3, -0.25) is 9.69 Å². The van der Waals surface area contributed by atoms with Crippen molar-refractivity contribution in [2.24, 2.45) is 0 Å². The van der Waals surface area contributed by atoms with Gasteiger partial charge in [-0.2, -0.15) is 13.2 Å². The average Bonchev–Trinajstić information content (AvgIpc) is 2.66. The van der Waals surface area contributed by atoms with E-state index < -0.39 is 17.3 Å². The predicted octanol–water partition coefficient (Wildman–Crippen LogP) is 3.18. The number of pyridine rings is 1. The second-order valence-electron chi connectivity index (χ2n) is 6.77. The van der Waals surface area contributed by atoms with Gasteiger partial charge in [-0.1, -0.05) is 31.4 Å². The van der Waals surface area contributed by atoms with Crippen molar-refractivity contribution in [2.45, 2.75) is 38.4 Å². The molecule has 1 saturated heterocycles.